The summed E-state index contributed by atoms with van der Waals surface area (Å²) >= 11 is 1.60. The van der Waals surface area contributed by atoms with Crippen LogP contribution < -0.4 is 10.6 Å². The van der Waals surface area contributed by atoms with Crippen LogP contribution in [0, 0.1) is 0 Å². The number of carbonyl (C=O) groups excluding carboxylic acids is 1. The van der Waals surface area contributed by atoms with Crippen LogP contribution >= 0.6 is 11.8 Å². The maximum absolute atomic E-state index is 11.8. The Kier molecular flexibility index (Phi) is 6.58. The lowest BCUT2D eigenvalue weighted by Crippen LogP contribution is -2.33. The molecule has 3 nitrogen and oxygen atoms in total. The van der Waals surface area contributed by atoms with Gasteiger partial charge in [0.05, 0.1) is 5.75 Å². The summed E-state index contributed by atoms with van der Waals surface area (Å²) in [6.07, 6.45) is 4.78. The lowest BCUT2D eigenvalue weighted by atomic mass is 10.2. The lowest BCUT2D eigenvalue weighted by molar-refractivity contribution is -0.119. The topological polar surface area (TPSA) is 41.1 Å². The molecular weight excluding hydrogens is 280 g/mol. The van der Waals surface area contributed by atoms with Crippen molar-refractivity contribution in [3.8, 4) is 0 Å². The van der Waals surface area contributed by atoms with Crippen LogP contribution in [0.2, 0.25) is 0 Å². The molecule has 1 aromatic carbocycles. The van der Waals surface area contributed by atoms with Crippen LogP contribution in [-0.4, -0.2) is 23.7 Å². The fourth-order valence-corrected chi connectivity index (χ4v) is 2.93. The standard InChI is InChI=1S/C17H26N2OS/c1-3-4-13(2)19-17(20)12-21-16-9-5-14(6-10-16)11-18-15-7-8-15/h5-6,9-10,13,15,18H,3-4,7-8,11-12H2,1-2H3,(H,19,20). The van der Waals surface area contributed by atoms with E-state index in [9.17, 15) is 4.79 Å². The van der Waals surface area contributed by atoms with Crippen molar-refractivity contribution in [1.82, 2.24) is 10.6 Å². The zero-order valence-electron chi connectivity index (χ0n) is 13.0. The molecule has 1 atom stereocenters. The zero-order chi connectivity index (χ0) is 15.1. The maximum atomic E-state index is 11.8. The Morgan fingerprint density at radius 1 is 1.33 bits per heavy atom. The summed E-state index contributed by atoms with van der Waals surface area (Å²) < 4.78 is 0. The van der Waals surface area contributed by atoms with Gasteiger partial charge in [0.15, 0.2) is 0 Å². The predicted molar refractivity (Wildman–Crippen MR) is 89.5 cm³/mol. The Labute approximate surface area is 132 Å². The minimum absolute atomic E-state index is 0.125. The van der Waals surface area contributed by atoms with Gasteiger partial charge in [0, 0.05) is 23.5 Å². The molecule has 2 N–H and O–H groups in total. The van der Waals surface area contributed by atoms with Gasteiger partial charge in [-0.3, -0.25) is 4.79 Å². The number of hydrogen-bond donors (Lipinski definition) is 2. The van der Waals surface area contributed by atoms with Crippen molar-refractivity contribution >= 4 is 17.7 Å². The Bertz CT molecular complexity index is 443. The van der Waals surface area contributed by atoms with Gasteiger partial charge < -0.3 is 10.6 Å². The van der Waals surface area contributed by atoms with Gasteiger partial charge >= 0.3 is 0 Å². The summed E-state index contributed by atoms with van der Waals surface area (Å²) in [5, 5.41) is 6.54. The molecule has 116 valence electrons. The first-order valence-electron chi connectivity index (χ1n) is 7.92. The normalized spacial score (nSPS) is 15.7. The van der Waals surface area contributed by atoms with E-state index >= 15 is 0 Å². The first kappa shape index (κ1) is 16.4. The molecule has 0 saturated heterocycles. The van der Waals surface area contributed by atoms with Crippen LogP contribution in [0.4, 0.5) is 0 Å². The second-order valence-corrected chi connectivity index (χ2v) is 6.89. The number of rotatable bonds is 9. The summed E-state index contributed by atoms with van der Waals surface area (Å²) in [5.74, 6) is 0.619. The lowest BCUT2D eigenvalue weighted by Gasteiger charge is -2.12. The minimum Gasteiger partial charge on any atom is -0.353 e. The summed E-state index contributed by atoms with van der Waals surface area (Å²) in [5.41, 5.74) is 1.31. The molecule has 1 fully saturated rings. The smallest absolute Gasteiger partial charge is 0.230 e. The van der Waals surface area contributed by atoms with Crippen LogP contribution in [0.25, 0.3) is 0 Å². The molecule has 0 bridgehead atoms. The van der Waals surface area contributed by atoms with Gasteiger partial charge in [-0.15, -0.1) is 11.8 Å². The van der Waals surface area contributed by atoms with E-state index in [1.54, 1.807) is 11.8 Å². The molecule has 0 aromatic heterocycles. The number of carbonyl (C=O) groups is 1. The maximum Gasteiger partial charge on any atom is 0.230 e. The fraction of sp³-hybridized carbons (Fsp3) is 0.588. The van der Waals surface area contributed by atoms with Gasteiger partial charge in [0.25, 0.3) is 0 Å². The van der Waals surface area contributed by atoms with Crippen molar-refractivity contribution in [3.63, 3.8) is 0 Å². The van der Waals surface area contributed by atoms with E-state index in [1.807, 2.05) is 0 Å². The molecule has 0 radical (unpaired) electrons. The Hall–Kier alpha value is -1.00. The zero-order valence-corrected chi connectivity index (χ0v) is 13.8. The quantitative estimate of drug-likeness (QED) is 0.688. The largest absolute Gasteiger partial charge is 0.353 e. The van der Waals surface area contributed by atoms with Crippen LogP contribution in [-0.2, 0) is 11.3 Å². The number of benzene rings is 1. The predicted octanol–water partition coefficient (Wildman–Crippen LogP) is 3.34. The molecule has 1 aliphatic rings. The van der Waals surface area contributed by atoms with Crippen LogP contribution in [0.5, 0.6) is 0 Å². The van der Waals surface area contributed by atoms with Gasteiger partial charge in [-0.2, -0.15) is 0 Å². The molecule has 1 unspecified atom stereocenters. The van der Waals surface area contributed by atoms with Crippen LogP contribution in [0.3, 0.4) is 0 Å². The SMILES string of the molecule is CCCC(C)NC(=O)CSc1ccc(CNC2CC2)cc1. The van der Waals surface area contributed by atoms with Gasteiger partial charge in [-0.25, -0.2) is 0 Å². The Morgan fingerprint density at radius 2 is 2.05 bits per heavy atom. The number of nitrogens with one attached hydrogen (secondary N) is 2. The van der Waals surface area contributed by atoms with Gasteiger partial charge in [-0.05, 0) is 43.9 Å². The third-order valence-corrected chi connectivity index (χ3v) is 4.61. The van der Waals surface area contributed by atoms with Crippen molar-refractivity contribution in [1.29, 1.82) is 0 Å². The van der Waals surface area contributed by atoms with Gasteiger partial charge in [0.1, 0.15) is 0 Å². The van der Waals surface area contributed by atoms with E-state index in [-0.39, 0.29) is 11.9 Å². The second kappa shape index (κ2) is 8.44. The number of amides is 1. The molecule has 1 amide bonds. The van der Waals surface area contributed by atoms with Gasteiger partial charge in [0.2, 0.25) is 5.91 Å². The molecule has 4 heteroatoms. The van der Waals surface area contributed by atoms with E-state index in [0.29, 0.717) is 5.75 Å². The van der Waals surface area contributed by atoms with Crippen LogP contribution in [0.15, 0.2) is 29.2 Å². The summed E-state index contributed by atoms with van der Waals surface area (Å²) in [6.45, 7) is 5.15. The highest BCUT2D eigenvalue weighted by molar-refractivity contribution is 8.00. The second-order valence-electron chi connectivity index (χ2n) is 5.85. The average molecular weight is 306 g/mol. The average Bonchev–Trinajstić information content (AvgIpc) is 3.28. The molecule has 0 spiro atoms. The van der Waals surface area contributed by atoms with E-state index in [1.165, 1.54) is 18.4 Å². The van der Waals surface area contributed by atoms with E-state index < -0.39 is 0 Å². The molecule has 21 heavy (non-hydrogen) atoms. The van der Waals surface area contributed by atoms with Crippen molar-refractivity contribution in [2.24, 2.45) is 0 Å². The summed E-state index contributed by atoms with van der Waals surface area (Å²) in [6, 6.07) is 9.53. The first-order chi connectivity index (χ1) is 10.2. The Morgan fingerprint density at radius 3 is 2.67 bits per heavy atom. The number of hydrogen-bond acceptors (Lipinski definition) is 3. The molecule has 0 aliphatic heterocycles. The first-order valence-corrected chi connectivity index (χ1v) is 8.90. The highest BCUT2D eigenvalue weighted by Gasteiger charge is 2.19. The number of thioether (sulfide) groups is 1. The minimum atomic E-state index is 0.125. The van der Waals surface area contributed by atoms with E-state index in [2.05, 4.69) is 48.7 Å². The fourth-order valence-electron chi connectivity index (χ4n) is 2.22. The van der Waals surface area contributed by atoms with E-state index in [4.69, 9.17) is 0 Å². The Balaban J connectivity index is 1.68. The highest BCUT2D eigenvalue weighted by Crippen LogP contribution is 2.21. The molecule has 1 aliphatic carbocycles. The molecule has 1 saturated carbocycles. The molecule has 2 rings (SSSR count). The third kappa shape index (κ3) is 6.53. The molecular formula is C17H26N2OS. The van der Waals surface area contributed by atoms with Crippen molar-refractivity contribution in [2.75, 3.05) is 5.75 Å². The van der Waals surface area contributed by atoms with Crippen molar-refractivity contribution < 1.29 is 4.79 Å². The van der Waals surface area contributed by atoms with Crippen LogP contribution in [0.1, 0.15) is 45.1 Å². The van der Waals surface area contributed by atoms with Gasteiger partial charge in [-0.1, -0.05) is 25.5 Å². The molecule has 0 heterocycles. The highest BCUT2D eigenvalue weighted by atomic mass is 32.2. The van der Waals surface area contributed by atoms with Crippen molar-refractivity contribution in [2.45, 2.75) is 63.1 Å². The van der Waals surface area contributed by atoms with E-state index in [0.717, 1.165) is 30.3 Å². The molecule has 1 aromatic rings. The van der Waals surface area contributed by atoms with Crippen molar-refractivity contribution in [3.05, 3.63) is 29.8 Å². The summed E-state index contributed by atoms with van der Waals surface area (Å²) in [4.78, 5) is 13.0. The summed E-state index contributed by atoms with van der Waals surface area (Å²) in [7, 11) is 0. The third-order valence-electron chi connectivity index (χ3n) is 3.59. The monoisotopic (exact) mass is 306 g/mol.